The molecule has 0 radical (unpaired) electrons. The van der Waals surface area contributed by atoms with Crippen LogP contribution < -0.4 is 0 Å². The molecule has 2 aromatic carbocycles. The van der Waals surface area contributed by atoms with Crippen LogP contribution in [0.2, 0.25) is 0 Å². The number of halogens is 1. The Morgan fingerprint density at radius 3 is 2.79 bits per heavy atom. The summed E-state index contributed by atoms with van der Waals surface area (Å²) in [6.45, 7) is 1.88. The zero-order valence-corrected chi connectivity index (χ0v) is 11.2. The van der Waals surface area contributed by atoms with Gasteiger partial charge in [-0.15, -0.1) is 11.3 Å². The normalized spacial score (nSPS) is 12.8. The minimum Gasteiger partial charge on any atom is -0.384 e. The van der Waals surface area contributed by atoms with Gasteiger partial charge in [0.15, 0.2) is 0 Å². The minimum atomic E-state index is -0.793. The average molecular weight is 272 g/mol. The average Bonchev–Trinajstić information content (AvgIpc) is 2.89. The predicted molar refractivity (Wildman–Crippen MR) is 77.0 cm³/mol. The monoisotopic (exact) mass is 272 g/mol. The summed E-state index contributed by atoms with van der Waals surface area (Å²) >= 11 is 1.59. The zero-order chi connectivity index (χ0) is 13.4. The second-order valence-electron chi connectivity index (χ2n) is 4.59. The quantitative estimate of drug-likeness (QED) is 0.731. The number of thiophene rings is 1. The van der Waals surface area contributed by atoms with Gasteiger partial charge in [-0.25, -0.2) is 4.39 Å². The fraction of sp³-hybridized carbons (Fsp3) is 0.125. The topological polar surface area (TPSA) is 20.2 Å². The van der Waals surface area contributed by atoms with E-state index in [9.17, 15) is 9.50 Å². The van der Waals surface area contributed by atoms with E-state index in [-0.39, 0.29) is 5.82 Å². The number of aliphatic hydroxyl groups is 1. The van der Waals surface area contributed by atoms with Gasteiger partial charge in [-0.05, 0) is 47.0 Å². The summed E-state index contributed by atoms with van der Waals surface area (Å²) < 4.78 is 14.4. The molecular weight excluding hydrogens is 259 g/mol. The van der Waals surface area contributed by atoms with Crippen molar-refractivity contribution < 1.29 is 9.50 Å². The van der Waals surface area contributed by atoms with Crippen LogP contribution in [-0.2, 0) is 0 Å². The third-order valence-corrected chi connectivity index (χ3v) is 4.32. The summed E-state index contributed by atoms with van der Waals surface area (Å²) in [6.07, 6.45) is -0.793. The number of benzene rings is 2. The van der Waals surface area contributed by atoms with E-state index in [1.54, 1.807) is 17.4 Å². The lowest BCUT2D eigenvalue weighted by molar-refractivity contribution is 0.221. The number of aryl methyl sites for hydroxylation is 1. The van der Waals surface area contributed by atoms with Crippen molar-refractivity contribution in [3.8, 4) is 0 Å². The highest BCUT2D eigenvalue weighted by atomic mass is 32.1. The Kier molecular flexibility index (Phi) is 3.09. The highest BCUT2D eigenvalue weighted by molar-refractivity contribution is 7.17. The molecule has 0 saturated carbocycles. The van der Waals surface area contributed by atoms with E-state index in [4.69, 9.17) is 0 Å². The van der Waals surface area contributed by atoms with Crippen molar-refractivity contribution in [2.24, 2.45) is 0 Å². The smallest absolute Gasteiger partial charge is 0.123 e. The number of rotatable bonds is 2. The van der Waals surface area contributed by atoms with Gasteiger partial charge < -0.3 is 5.11 Å². The lowest BCUT2D eigenvalue weighted by atomic mass is 9.97. The van der Waals surface area contributed by atoms with E-state index < -0.39 is 6.10 Å². The SMILES string of the molecule is Cc1ccc(F)cc1C(O)c1cccc2ccsc12. The molecule has 0 aliphatic rings. The summed E-state index contributed by atoms with van der Waals surface area (Å²) in [6, 6.07) is 12.4. The van der Waals surface area contributed by atoms with E-state index >= 15 is 0 Å². The molecule has 0 aliphatic carbocycles. The molecular formula is C16H13FOS. The van der Waals surface area contributed by atoms with Crippen LogP contribution in [0.15, 0.2) is 47.8 Å². The van der Waals surface area contributed by atoms with E-state index in [0.29, 0.717) is 5.56 Å². The van der Waals surface area contributed by atoms with Gasteiger partial charge in [0, 0.05) is 10.3 Å². The van der Waals surface area contributed by atoms with Crippen molar-refractivity contribution in [1.82, 2.24) is 0 Å². The molecule has 0 fully saturated rings. The van der Waals surface area contributed by atoms with Crippen LogP contribution in [0.1, 0.15) is 22.8 Å². The van der Waals surface area contributed by atoms with Crippen LogP contribution in [0.3, 0.4) is 0 Å². The van der Waals surface area contributed by atoms with Crippen LogP contribution in [0.5, 0.6) is 0 Å². The Bertz CT molecular complexity index is 732. The molecule has 0 aliphatic heterocycles. The molecule has 19 heavy (non-hydrogen) atoms. The van der Waals surface area contributed by atoms with Gasteiger partial charge in [0.2, 0.25) is 0 Å². The van der Waals surface area contributed by atoms with Gasteiger partial charge in [0.25, 0.3) is 0 Å². The van der Waals surface area contributed by atoms with Crippen molar-refractivity contribution in [2.45, 2.75) is 13.0 Å². The second kappa shape index (κ2) is 4.76. The van der Waals surface area contributed by atoms with Crippen molar-refractivity contribution in [1.29, 1.82) is 0 Å². The Labute approximate surface area is 115 Å². The van der Waals surface area contributed by atoms with Crippen molar-refractivity contribution in [3.05, 3.63) is 70.4 Å². The van der Waals surface area contributed by atoms with E-state index in [1.165, 1.54) is 12.1 Å². The first-order valence-corrected chi connectivity index (χ1v) is 6.95. The van der Waals surface area contributed by atoms with Gasteiger partial charge in [-0.2, -0.15) is 0 Å². The molecule has 1 N–H and O–H groups in total. The third kappa shape index (κ3) is 2.15. The van der Waals surface area contributed by atoms with Crippen LogP contribution >= 0.6 is 11.3 Å². The summed E-state index contributed by atoms with van der Waals surface area (Å²) in [5, 5.41) is 13.7. The molecule has 0 saturated heterocycles. The molecule has 1 heterocycles. The lowest BCUT2D eigenvalue weighted by Gasteiger charge is -2.15. The fourth-order valence-corrected chi connectivity index (χ4v) is 3.24. The summed E-state index contributed by atoms with van der Waals surface area (Å²) in [5.74, 6) is -0.321. The summed E-state index contributed by atoms with van der Waals surface area (Å²) in [4.78, 5) is 0. The molecule has 96 valence electrons. The third-order valence-electron chi connectivity index (χ3n) is 3.34. The summed E-state index contributed by atoms with van der Waals surface area (Å²) in [7, 11) is 0. The number of hydrogen-bond acceptors (Lipinski definition) is 2. The number of hydrogen-bond donors (Lipinski definition) is 1. The van der Waals surface area contributed by atoms with Crippen molar-refractivity contribution in [3.63, 3.8) is 0 Å². The maximum Gasteiger partial charge on any atom is 0.123 e. The molecule has 0 spiro atoms. The maximum atomic E-state index is 13.4. The molecule has 1 aromatic heterocycles. The van der Waals surface area contributed by atoms with Crippen LogP contribution in [-0.4, -0.2) is 5.11 Å². The second-order valence-corrected chi connectivity index (χ2v) is 5.51. The first kappa shape index (κ1) is 12.3. The maximum absolute atomic E-state index is 13.4. The number of fused-ring (bicyclic) bond motifs is 1. The van der Waals surface area contributed by atoms with Crippen LogP contribution in [0, 0.1) is 12.7 Å². The Morgan fingerprint density at radius 2 is 1.95 bits per heavy atom. The molecule has 1 nitrogen and oxygen atoms in total. The minimum absolute atomic E-state index is 0.321. The molecule has 0 amide bonds. The van der Waals surface area contributed by atoms with Crippen LogP contribution in [0.25, 0.3) is 10.1 Å². The van der Waals surface area contributed by atoms with Crippen molar-refractivity contribution in [2.75, 3.05) is 0 Å². The van der Waals surface area contributed by atoms with Gasteiger partial charge in [-0.1, -0.05) is 24.3 Å². The van der Waals surface area contributed by atoms with Gasteiger partial charge in [0.05, 0.1) is 0 Å². The molecule has 3 heteroatoms. The Morgan fingerprint density at radius 1 is 1.11 bits per heavy atom. The standard InChI is InChI=1S/C16H13FOS/c1-10-5-6-12(17)9-14(10)15(18)13-4-2-3-11-7-8-19-16(11)13/h2-9,15,18H,1H3. The van der Waals surface area contributed by atoms with Gasteiger partial charge in [-0.3, -0.25) is 0 Å². The van der Waals surface area contributed by atoms with Gasteiger partial charge in [0.1, 0.15) is 11.9 Å². The largest absolute Gasteiger partial charge is 0.384 e. The van der Waals surface area contributed by atoms with E-state index in [0.717, 1.165) is 21.2 Å². The van der Waals surface area contributed by atoms with E-state index in [2.05, 4.69) is 0 Å². The van der Waals surface area contributed by atoms with Gasteiger partial charge >= 0.3 is 0 Å². The first-order valence-electron chi connectivity index (χ1n) is 6.07. The molecule has 0 bridgehead atoms. The van der Waals surface area contributed by atoms with E-state index in [1.807, 2.05) is 36.6 Å². The highest BCUT2D eigenvalue weighted by Gasteiger charge is 2.16. The lowest BCUT2D eigenvalue weighted by Crippen LogP contribution is -2.02. The first-order chi connectivity index (χ1) is 9.16. The molecule has 3 aromatic rings. The molecule has 1 unspecified atom stereocenters. The van der Waals surface area contributed by atoms with Crippen LogP contribution in [0.4, 0.5) is 4.39 Å². The highest BCUT2D eigenvalue weighted by Crippen LogP contribution is 2.33. The summed E-state index contributed by atoms with van der Waals surface area (Å²) in [5.41, 5.74) is 2.35. The Balaban J connectivity index is 2.15. The molecule has 3 rings (SSSR count). The number of aliphatic hydroxyl groups excluding tert-OH is 1. The fourth-order valence-electron chi connectivity index (χ4n) is 2.30. The van der Waals surface area contributed by atoms with Crippen molar-refractivity contribution >= 4 is 21.4 Å². The Hall–Kier alpha value is -1.71. The molecule has 1 atom stereocenters. The predicted octanol–water partition coefficient (Wildman–Crippen LogP) is 4.43. The zero-order valence-electron chi connectivity index (χ0n) is 10.4.